The van der Waals surface area contributed by atoms with E-state index < -0.39 is 0 Å². The average molecular weight is 253 g/mol. The van der Waals surface area contributed by atoms with Crippen LogP contribution in [0.2, 0.25) is 0 Å². The number of hydrogen-bond acceptors (Lipinski definition) is 4. The molecule has 0 fully saturated rings. The lowest BCUT2D eigenvalue weighted by Gasteiger charge is -2.22. The quantitative estimate of drug-likeness (QED) is 0.660. The van der Waals surface area contributed by atoms with Crippen molar-refractivity contribution in [3.05, 3.63) is 21.4 Å². The second-order valence-corrected chi connectivity index (χ2v) is 4.85. The van der Waals surface area contributed by atoms with Crippen LogP contribution in [0.15, 0.2) is 5.38 Å². The Morgan fingerprint density at radius 1 is 1.71 bits per heavy atom. The minimum absolute atomic E-state index is 0.0597. The zero-order chi connectivity index (χ0) is 12.3. The van der Waals surface area contributed by atoms with Gasteiger partial charge in [0.2, 0.25) is 6.41 Å². The van der Waals surface area contributed by atoms with E-state index in [1.165, 1.54) is 11.3 Å². The Morgan fingerprint density at radius 3 is 3.24 bits per heavy atom. The first-order valence-corrected chi connectivity index (χ1v) is 6.63. The molecule has 0 saturated heterocycles. The first-order chi connectivity index (χ1) is 8.27. The Labute approximate surface area is 104 Å². The van der Waals surface area contributed by atoms with E-state index in [1.807, 2.05) is 5.38 Å². The number of carbonyl (C=O) groups excluding carboxylic acids is 2. The lowest BCUT2D eigenvalue weighted by Crippen LogP contribution is -2.23. The summed E-state index contributed by atoms with van der Waals surface area (Å²) >= 11 is 1.53. The van der Waals surface area contributed by atoms with Gasteiger partial charge in [0.05, 0.1) is 18.2 Å². The van der Waals surface area contributed by atoms with Gasteiger partial charge in [-0.1, -0.05) is 0 Å². The van der Waals surface area contributed by atoms with Crippen molar-refractivity contribution < 1.29 is 14.3 Å². The molecule has 0 saturated carbocycles. The minimum Gasteiger partial charge on any atom is -0.462 e. The van der Waals surface area contributed by atoms with Crippen molar-refractivity contribution in [2.75, 3.05) is 6.61 Å². The molecule has 0 aromatic carbocycles. The number of rotatable bonds is 4. The molecule has 1 heterocycles. The highest BCUT2D eigenvalue weighted by molar-refractivity contribution is 7.10. The van der Waals surface area contributed by atoms with Gasteiger partial charge in [0.15, 0.2) is 0 Å². The largest absolute Gasteiger partial charge is 0.462 e. The van der Waals surface area contributed by atoms with Crippen LogP contribution in [0, 0.1) is 0 Å². The van der Waals surface area contributed by atoms with Crippen LogP contribution in [-0.2, 0) is 16.0 Å². The number of nitrogens with one attached hydrogen (secondary N) is 1. The number of carbonyl (C=O) groups is 2. The number of ether oxygens (including phenoxy) is 1. The molecule has 4 nitrogen and oxygen atoms in total. The van der Waals surface area contributed by atoms with Crippen LogP contribution < -0.4 is 5.32 Å². The predicted molar refractivity (Wildman–Crippen MR) is 65.2 cm³/mol. The minimum atomic E-state index is -0.253. The summed E-state index contributed by atoms with van der Waals surface area (Å²) in [5.41, 5.74) is 1.73. The van der Waals surface area contributed by atoms with E-state index in [4.69, 9.17) is 4.74 Å². The van der Waals surface area contributed by atoms with Gasteiger partial charge in [-0.15, -0.1) is 11.3 Å². The fourth-order valence-corrected chi connectivity index (χ4v) is 3.37. The standard InChI is InChI=1S/C12H15NO3S/c1-2-16-12(15)9-6-17-11-8(9)4-3-5-10(11)13-7-14/h6-7,10H,2-5H2,1H3,(H,13,14). The van der Waals surface area contributed by atoms with Crippen molar-refractivity contribution in [3.8, 4) is 0 Å². The van der Waals surface area contributed by atoms with Gasteiger partial charge in [0, 0.05) is 10.3 Å². The third kappa shape index (κ3) is 2.34. The first kappa shape index (κ1) is 12.1. The smallest absolute Gasteiger partial charge is 0.339 e. The van der Waals surface area contributed by atoms with Crippen molar-refractivity contribution in [1.29, 1.82) is 0 Å². The van der Waals surface area contributed by atoms with Crippen molar-refractivity contribution >= 4 is 23.7 Å². The monoisotopic (exact) mass is 253 g/mol. The second-order valence-electron chi connectivity index (χ2n) is 3.94. The number of thiophene rings is 1. The molecule has 1 unspecified atom stereocenters. The van der Waals surface area contributed by atoms with E-state index in [9.17, 15) is 9.59 Å². The fourth-order valence-electron chi connectivity index (χ4n) is 2.18. The molecule has 0 spiro atoms. The molecule has 92 valence electrons. The van der Waals surface area contributed by atoms with E-state index in [2.05, 4.69) is 5.32 Å². The maximum atomic E-state index is 11.7. The average Bonchev–Trinajstić information content (AvgIpc) is 2.74. The molecule has 2 rings (SSSR count). The Kier molecular flexibility index (Phi) is 3.78. The van der Waals surface area contributed by atoms with Gasteiger partial charge in [-0.3, -0.25) is 4.79 Å². The van der Waals surface area contributed by atoms with Crippen LogP contribution >= 0.6 is 11.3 Å². The molecule has 17 heavy (non-hydrogen) atoms. The van der Waals surface area contributed by atoms with Crippen LogP contribution in [0.4, 0.5) is 0 Å². The Bertz CT molecular complexity index is 427. The number of amides is 1. The summed E-state index contributed by atoms with van der Waals surface area (Å²) < 4.78 is 5.03. The summed E-state index contributed by atoms with van der Waals surface area (Å²) in [7, 11) is 0. The van der Waals surface area contributed by atoms with Crippen LogP contribution in [0.3, 0.4) is 0 Å². The molecular formula is C12H15NO3S. The molecule has 1 atom stereocenters. The summed E-state index contributed by atoms with van der Waals surface area (Å²) in [6.45, 7) is 2.19. The maximum absolute atomic E-state index is 11.7. The molecule has 1 aromatic heterocycles. The SMILES string of the molecule is CCOC(=O)c1csc2c1CCCC2NC=O. The molecular weight excluding hydrogens is 238 g/mol. The highest BCUT2D eigenvalue weighted by Gasteiger charge is 2.26. The van der Waals surface area contributed by atoms with Crippen molar-refractivity contribution in [2.24, 2.45) is 0 Å². The molecule has 1 aliphatic rings. The molecule has 0 bridgehead atoms. The van der Waals surface area contributed by atoms with Gasteiger partial charge in [-0.25, -0.2) is 4.79 Å². The normalized spacial score (nSPS) is 18.3. The van der Waals surface area contributed by atoms with Crippen molar-refractivity contribution in [1.82, 2.24) is 5.32 Å². The molecule has 1 aromatic rings. The zero-order valence-electron chi connectivity index (χ0n) is 9.69. The molecule has 0 aliphatic heterocycles. The third-order valence-corrected chi connectivity index (χ3v) is 4.07. The highest BCUT2D eigenvalue weighted by atomic mass is 32.1. The Balaban J connectivity index is 2.27. The first-order valence-electron chi connectivity index (χ1n) is 5.75. The predicted octanol–water partition coefficient (Wildman–Crippen LogP) is 2.05. The lowest BCUT2D eigenvalue weighted by atomic mass is 9.92. The van der Waals surface area contributed by atoms with Crippen LogP contribution in [0.25, 0.3) is 0 Å². The number of esters is 1. The summed E-state index contributed by atoms with van der Waals surface area (Å²) in [5.74, 6) is -0.253. The zero-order valence-corrected chi connectivity index (χ0v) is 10.5. The van der Waals surface area contributed by atoms with Gasteiger partial charge in [-0.05, 0) is 31.7 Å². The van der Waals surface area contributed by atoms with E-state index in [1.54, 1.807) is 6.92 Å². The Hall–Kier alpha value is -1.36. The van der Waals surface area contributed by atoms with Crippen molar-refractivity contribution in [3.63, 3.8) is 0 Å². The summed E-state index contributed by atoms with van der Waals surface area (Å²) in [5, 5.41) is 4.64. The van der Waals surface area contributed by atoms with Gasteiger partial charge in [-0.2, -0.15) is 0 Å². The summed E-state index contributed by atoms with van der Waals surface area (Å²) in [6, 6.07) is 0.0597. The second kappa shape index (κ2) is 5.31. The maximum Gasteiger partial charge on any atom is 0.339 e. The molecule has 1 N–H and O–H groups in total. The Morgan fingerprint density at radius 2 is 2.53 bits per heavy atom. The van der Waals surface area contributed by atoms with Crippen LogP contribution in [0.1, 0.15) is 46.6 Å². The molecule has 1 aliphatic carbocycles. The van der Waals surface area contributed by atoms with E-state index >= 15 is 0 Å². The summed E-state index contributed by atoms with van der Waals surface area (Å²) in [6.07, 6.45) is 3.55. The van der Waals surface area contributed by atoms with E-state index in [0.717, 1.165) is 36.1 Å². The van der Waals surface area contributed by atoms with E-state index in [-0.39, 0.29) is 12.0 Å². The summed E-state index contributed by atoms with van der Waals surface area (Å²) in [4.78, 5) is 23.4. The molecule has 0 radical (unpaired) electrons. The van der Waals surface area contributed by atoms with Gasteiger partial charge < -0.3 is 10.1 Å². The highest BCUT2D eigenvalue weighted by Crippen LogP contribution is 2.36. The van der Waals surface area contributed by atoms with Crippen LogP contribution in [0.5, 0.6) is 0 Å². The lowest BCUT2D eigenvalue weighted by molar-refractivity contribution is -0.110. The van der Waals surface area contributed by atoms with Gasteiger partial charge in [0.25, 0.3) is 0 Å². The van der Waals surface area contributed by atoms with Crippen LogP contribution in [-0.4, -0.2) is 19.0 Å². The van der Waals surface area contributed by atoms with E-state index in [0.29, 0.717) is 12.2 Å². The van der Waals surface area contributed by atoms with Gasteiger partial charge in [0.1, 0.15) is 0 Å². The fraction of sp³-hybridized carbons (Fsp3) is 0.500. The topological polar surface area (TPSA) is 55.4 Å². The van der Waals surface area contributed by atoms with Crippen molar-refractivity contribution in [2.45, 2.75) is 32.2 Å². The number of hydrogen-bond donors (Lipinski definition) is 1. The molecule has 5 heteroatoms. The molecule has 1 amide bonds. The van der Waals surface area contributed by atoms with Gasteiger partial charge >= 0.3 is 5.97 Å². The third-order valence-electron chi connectivity index (χ3n) is 2.93. The number of fused-ring (bicyclic) bond motifs is 1.